The molecule has 0 aliphatic rings. The lowest BCUT2D eigenvalue weighted by atomic mass is 10.3. The highest BCUT2D eigenvalue weighted by molar-refractivity contribution is 6.21. The van der Waals surface area contributed by atoms with Crippen molar-refractivity contribution in [1.29, 1.82) is 0 Å². The van der Waals surface area contributed by atoms with Crippen LogP contribution in [-0.4, -0.2) is 21.3 Å². The van der Waals surface area contributed by atoms with Gasteiger partial charge >= 0.3 is 0 Å². The van der Waals surface area contributed by atoms with E-state index in [2.05, 4.69) is 0 Å². The normalized spacial score (nSPS) is 12.0. The van der Waals surface area contributed by atoms with E-state index in [9.17, 15) is 0 Å². The summed E-state index contributed by atoms with van der Waals surface area (Å²) in [5.41, 5.74) is 0. The Morgan fingerprint density at radius 3 is 2.00 bits per heavy atom. The van der Waals surface area contributed by atoms with Gasteiger partial charge in [0.05, 0.1) is 0 Å². The maximum atomic E-state index is 8.41. The molecule has 0 aromatic carbocycles. The zero-order chi connectivity index (χ0) is 6.62. The predicted molar refractivity (Wildman–Crippen MR) is 33.0 cm³/mol. The van der Waals surface area contributed by atoms with Crippen molar-refractivity contribution in [2.75, 3.05) is 5.88 Å². The molecule has 0 saturated carbocycles. The number of halogens is 2. The van der Waals surface area contributed by atoms with Crippen LogP contribution in [0.5, 0.6) is 0 Å². The molecule has 0 aliphatic carbocycles. The topological polar surface area (TPSA) is 40.5 Å². The first-order chi connectivity index (χ1) is 3.56. The van der Waals surface area contributed by atoms with Gasteiger partial charge in [-0.05, 0) is 6.42 Å². The summed E-state index contributed by atoms with van der Waals surface area (Å²) in [6, 6.07) is 0. The van der Waals surface area contributed by atoms with Crippen molar-refractivity contribution in [3.05, 3.63) is 0 Å². The van der Waals surface area contributed by atoms with E-state index in [-0.39, 0.29) is 6.42 Å². The summed E-state index contributed by atoms with van der Waals surface area (Å²) < 4.78 is 0. The molecule has 0 unspecified atom stereocenters. The van der Waals surface area contributed by atoms with E-state index in [1.807, 2.05) is 0 Å². The van der Waals surface area contributed by atoms with Gasteiger partial charge in [0, 0.05) is 12.3 Å². The molecule has 8 heavy (non-hydrogen) atoms. The average Bonchev–Trinajstić information content (AvgIpc) is 1.59. The third-order valence-corrected chi connectivity index (χ3v) is 1.08. The maximum Gasteiger partial charge on any atom is 0.243 e. The molecule has 0 atom stereocenters. The highest BCUT2D eigenvalue weighted by Crippen LogP contribution is 2.13. The fourth-order valence-corrected chi connectivity index (χ4v) is 0.559. The molecule has 0 amide bonds. The Morgan fingerprint density at radius 1 is 1.38 bits per heavy atom. The number of aliphatic hydroxyl groups is 2. The summed E-state index contributed by atoms with van der Waals surface area (Å²) in [6.45, 7) is 0. The molecule has 0 fully saturated rings. The van der Waals surface area contributed by atoms with Crippen LogP contribution in [0.1, 0.15) is 12.8 Å². The molecule has 0 aromatic rings. The summed E-state index contributed by atoms with van der Waals surface area (Å²) in [4.78, 5) is 0. The van der Waals surface area contributed by atoms with Crippen LogP contribution in [0.3, 0.4) is 0 Å². The summed E-state index contributed by atoms with van der Waals surface area (Å²) >= 11 is 10.2. The molecule has 0 spiro atoms. The number of alkyl halides is 2. The van der Waals surface area contributed by atoms with Crippen molar-refractivity contribution in [2.24, 2.45) is 0 Å². The molecule has 0 rings (SSSR count). The lowest BCUT2D eigenvalue weighted by molar-refractivity contribution is -0.0894. The molecule has 50 valence electrons. The van der Waals surface area contributed by atoms with E-state index < -0.39 is 5.25 Å². The second kappa shape index (κ2) is 3.51. The molecule has 2 nitrogen and oxygen atoms in total. The first-order valence-corrected chi connectivity index (χ1v) is 3.17. The molecule has 0 saturated heterocycles. The number of hydrogen-bond acceptors (Lipinski definition) is 2. The maximum absolute atomic E-state index is 8.41. The van der Waals surface area contributed by atoms with Gasteiger partial charge in [0.2, 0.25) is 5.25 Å². The largest absolute Gasteiger partial charge is 0.353 e. The summed E-state index contributed by atoms with van der Waals surface area (Å²) in [7, 11) is 0. The number of hydrogen-bond donors (Lipinski definition) is 2. The highest BCUT2D eigenvalue weighted by Gasteiger charge is 2.16. The minimum atomic E-state index is -2.06. The van der Waals surface area contributed by atoms with E-state index in [1.54, 1.807) is 0 Å². The second-order valence-electron chi connectivity index (χ2n) is 1.51. The van der Waals surface area contributed by atoms with Gasteiger partial charge in [0.15, 0.2) is 0 Å². The standard InChI is InChI=1S/C4H8Cl2O2/c5-3-1-2-4(6,7)8/h7-8H,1-3H2. The van der Waals surface area contributed by atoms with Crippen LogP contribution >= 0.6 is 23.2 Å². The van der Waals surface area contributed by atoms with Crippen molar-refractivity contribution in [1.82, 2.24) is 0 Å². The molecule has 4 heteroatoms. The first kappa shape index (κ1) is 8.50. The van der Waals surface area contributed by atoms with Gasteiger partial charge in [0.25, 0.3) is 0 Å². The van der Waals surface area contributed by atoms with E-state index in [4.69, 9.17) is 33.4 Å². The molecular formula is C4H8Cl2O2. The highest BCUT2D eigenvalue weighted by atomic mass is 35.5. The van der Waals surface area contributed by atoms with Gasteiger partial charge in [0.1, 0.15) is 0 Å². The molecule has 0 aliphatic heterocycles. The van der Waals surface area contributed by atoms with Gasteiger partial charge in [-0.1, -0.05) is 11.6 Å². The zero-order valence-electron chi connectivity index (χ0n) is 4.27. The minimum Gasteiger partial charge on any atom is -0.353 e. The lowest BCUT2D eigenvalue weighted by Crippen LogP contribution is -2.18. The van der Waals surface area contributed by atoms with Crippen molar-refractivity contribution in [2.45, 2.75) is 18.1 Å². The summed E-state index contributed by atoms with van der Waals surface area (Å²) in [5.74, 6) is 0.398. The van der Waals surface area contributed by atoms with Crippen LogP contribution < -0.4 is 0 Å². The minimum absolute atomic E-state index is 0.109. The van der Waals surface area contributed by atoms with Crippen LogP contribution in [0.4, 0.5) is 0 Å². The van der Waals surface area contributed by atoms with E-state index >= 15 is 0 Å². The quantitative estimate of drug-likeness (QED) is 0.474. The second-order valence-corrected chi connectivity index (χ2v) is 2.49. The Morgan fingerprint density at radius 2 is 1.88 bits per heavy atom. The Bertz CT molecular complexity index is 59.5. The fourth-order valence-electron chi connectivity index (χ4n) is 0.292. The Balaban J connectivity index is 3.11. The molecule has 2 N–H and O–H groups in total. The Hall–Kier alpha value is 0.500. The van der Waals surface area contributed by atoms with Gasteiger partial charge in [-0.2, -0.15) is 0 Å². The molecule has 0 heterocycles. The van der Waals surface area contributed by atoms with Crippen LogP contribution in [0.25, 0.3) is 0 Å². The van der Waals surface area contributed by atoms with Crippen LogP contribution in [0.15, 0.2) is 0 Å². The van der Waals surface area contributed by atoms with Gasteiger partial charge in [-0.15, -0.1) is 11.6 Å². The van der Waals surface area contributed by atoms with Crippen LogP contribution in [0, 0.1) is 0 Å². The SMILES string of the molecule is OC(O)(Cl)CCCCl. The molecule has 0 bridgehead atoms. The third kappa shape index (κ3) is 6.50. The van der Waals surface area contributed by atoms with Crippen molar-refractivity contribution in [3.63, 3.8) is 0 Å². The summed E-state index contributed by atoms with van der Waals surface area (Å²) in [5, 5.41) is 14.8. The van der Waals surface area contributed by atoms with E-state index in [0.717, 1.165) is 0 Å². The van der Waals surface area contributed by atoms with E-state index in [0.29, 0.717) is 12.3 Å². The van der Waals surface area contributed by atoms with Gasteiger partial charge in [-0.3, -0.25) is 0 Å². The lowest BCUT2D eigenvalue weighted by Gasteiger charge is -2.10. The molecular weight excluding hydrogens is 151 g/mol. The number of rotatable bonds is 3. The molecule has 0 aromatic heterocycles. The van der Waals surface area contributed by atoms with Crippen LogP contribution in [-0.2, 0) is 0 Å². The third-order valence-electron chi connectivity index (χ3n) is 0.629. The smallest absolute Gasteiger partial charge is 0.243 e. The van der Waals surface area contributed by atoms with Crippen molar-refractivity contribution < 1.29 is 10.2 Å². The Labute approximate surface area is 58.0 Å². The predicted octanol–water partition coefficient (Wildman–Crippen LogP) is 0.883. The fraction of sp³-hybridized carbons (Fsp3) is 1.00. The van der Waals surface area contributed by atoms with Gasteiger partial charge in [-0.25, -0.2) is 0 Å². The Kier molecular flexibility index (Phi) is 3.73. The monoisotopic (exact) mass is 158 g/mol. The first-order valence-electron chi connectivity index (χ1n) is 2.26. The van der Waals surface area contributed by atoms with E-state index in [1.165, 1.54) is 0 Å². The van der Waals surface area contributed by atoms with Crippen molar-refractivity contribution >= 4 is 23.2 Å². The van der Waals surface area contributed by atoms with Crippen molar-refractivity contribution in [3.8, 4) is 0 Å². The van der Waals surface area contributed by atoms with Gasteiger partial charge < -0.3 is 10.2 Å². The zero-order valence-corrected chi connectivity index (χ0v) is 5.78. The average molecular weight is 159 g/mol. The summed E-state index contributed by atoms with van der Waals surface area (Å²) in [6.07, 6.45) is 0.621. The molecule has 0 radical (unpaired) electrons. The van der Waals surface area contributed by atoms with Crippen LogP contribution in [0.2, 0.25) is 0 Å².